The lowest BCUT2D eigenvalue weighted by Gasteiger charge is -2.49. The van der Waals surface area contributed by atoms with E-state index in [9.17, 15) is 14.4 Å². The fraction of sp³-hybridized carbons (Fsp3) is 0.163. The molecule has 3 aromatic heterocycles. The van der Waals surface area contributed by atoms with Crippen molar-refractivity contribution in [3.8, 4) is 5.75 Å². The smallest absolute Gasteiger partial charge is 0.355 e. The van der Waals surface area contributed by atoms with Crippen LogP contribution in [0, 0.1) is 0 Å². The number of aromatic nitrogens is 4. The maximum atomic E-state index is 14.2. The van der Waals surface area contributed by atoms with Crippen LogP contribution in [0.15, 0.2) is 174 Å². The van der Waals surface area contributed by atoms with E-state index >= 15 is 0 Å². The largest absolute Gasteiger partial charge is 1.00 e. The molecule has 0 radical (unpaired) electrons. The summed E-state index contributed by atoms with van der Waals surface area (Å²) in [6.45, 7) is 0.392. The fourth-order valence-corrected chi connectivity index (χ4v) is 10.1. The zero-order chi connectivity index (χ0) is 45.6. The van der Waals surface area contributed by atoms with Crippen LogP contribution < -0.4 is 49.6 Å². The van der Waals surface area contributed by atoms with Gasteiger partial charge in [-0.2, -0.15) is 0 Å². The minimum absolute atomic E-state index is 0. The number of carbonyl (C=O) groups is 3. The number of nitrogens with zero attached hydrogens (tertiary/aromatic N) is 6. The van der Waals surface area contributed by atoms with Crippen molar-refractivity contribution in [2.75, 3.05) is 31.0 Å². The second-order valence-electron chi connectivity index (χ2n) is 15.2. The van der Waals surface area contributed by atoms with Gasteiger partial charge in [0.25, 0.3) is 11.8 Å². The molecule has 67 heavy (non-hydrogen) atoms. The minimum atomic E-state index is -0.988. The van der Waals surface area contributed by atoms with Crippen LogP contribution in [0.4, 0.5) is 10.9 Å². The van der Waals surface area contributed by atoms with Gasteiger partial charge in [0.05, 0.1) is 25.6 Å². The summed E-state index contributed by atoms with van der Waals surface area (Å²) in [5, 5.41) is 16.6. The number of halogens is 1. The lowest BCUT2D eigenvalue weighted by molar-refractivity contribution is -0.664. The number of ether oxygens (including phenoxy) is 2. The SMILES string of the molecule is CON=C(C(=O)N[C@@H]1C(=O)N2C(C(=O)OCc3ccc(OC)cc3)=C(/C=C/C[n+]3ccc(N)n4nccc43)CS[C@@H]12)c1csc(NC(c2ccccc2)(c2ccccc2)c2ccccc2)n1.[I-]. The first-order valence-electron chi connectivity index (χ1n) is 20.9. The van der Waals surface area contributed by atoms with Crippen molar-refractivity contribution in [3.05, 3.63) is 197 Å². The van der Waals surface area contributed by atoms with E-state index in [-0.39, 0.29) is 47.7 Å². The van der Waals surface area contributed by atoms with Crippen LogP contribution in [0.1, 0.15) is 27.9 Å². The maximum Gasteiger partial charge on any atom is 0.355 e. The molecular weight excluding hydrogens is 1000 g/mol. The third-order valence-electron chi connectivity index (χ3n) is 11.3. The second kappa shape index (κ2) is 20.6. The molecule has 5 heterocycles. The highest BCUT2D eigenvalue weighted by Crippen LogP contribution is 2.42. The van der Waals surface area contributed by atoms with Crippen molar-refractivity contribution in [1.29, 1.82) is 0 Å². The van der Waals surface area contributed by atoms with Crippen molar-refractivity contribution in [3.63, 3.8) is 0 Å². The van der Waals surface area contributed by atoms with E-state index < -0.39 is 34.7 Å². The number of β-lactam (4-membered cyclic amide) rings is 1. The number of carbonyl (C=O) groups excluding carboxylic acids is 3. The zero-order valence-electron chi connectivity index (χ0n) is 36.2. The van der Waals surface area contributed by atoms with Gasteiger partial charge in [0, 0.05) is 17.2 Å². The maximum absolute atomic E-state index is 14.2. The number of thioether (sulfide) groups is 1. The van der Waals surface area contributed by atoms with E-state index in [1.165, 1.54) is 35.1 Å². The summed E-state index contributed by atoms with van der Waals surface area (Å²) in [4.78, 5) is 53.8. The number of amides is 2. The molecule has 1 fully saturated rings. The molecule has 4 aromatic carbocycles. The number of allylic oxidation sites excluding steroid dienone is 2. The van der Waals surface area contributed by atoms with Gasteiger partial charge in [-0.05, 0) is 46.0 Å². The number of hydrogen-bond donors (Lipinski definition) is 3. The van der Waals surface area contributed by atoms with Gasteiger partial charge < -0.3 is 54.7 Å². The van der Waals surface area contributed by atoms with E-state index in [1.54, 1.807) is 53.5 Å². The first-order chi connectivity index (χ1) is 32.3. The third-order valence-corrected chi connectivity index (χ3v) is 13.3. The number of anilines is 2. The molecular formula is C49H44IN9O6S2. The fourth-order valence-electron chi connectivity index (χ4n) is 8.07. The third kappa shape index (κ3) is 9.36. The van der Waals surface area contributed by atoms with E-state index in [2.05, 4.69) is 57.3 Å². The van der Waals surface area contributed by atoms with Crippen LogP contribution in [0.2, 0.25) is 0 Å². The molecule has 9 rings (SSSR count). The predicted molar refractivity (Wildman–Crippen MR) is 252 cm³/mol. The number of fused-ring (bicyclic) bond motifs is 2. The van der Waals surface area contributed by atoms with Crippen LogP contribution in [0.3, 0.4) is 0 Å². The van der Waals surface area contributed by atoms with E-state index in [0.29, 0.717) is 34.6 Å². The Morgan fingerprint density at radius 1 is 0.925 bits per heavy atom. The highest BCUT2D eigenvalue weighted by atomic mass is 127. The van der Waals surface area contributed by atoms with Crippen molar-refractivity contribution < 1.29 is 57.2 Å². The van der Waals surface area contributed by atoms with Crippen LogP contribution in [0.25, 0.3) is 5.65 Å². The molecule has 0 spiro atoms. The summed E-state index contributed by atoms with van der Waals surface area (Å²) in [6, 6.07) is 40.0. The Labute approximate surface area is 411 Å². The molecule has 15 nitrogen and oxygen atoms in total. The van der Waals surface area contributed by atoms with Crippen molar-refractivity contribution >= 4 is 63.2 Å². The van der Waals surface area contributed by atoms with E-state index in [1.807, 2.05) is 83.6 Å². The molecule has 0 bridgehead atoms. The van der Waals surface area contributed by atoms with Gasteiger partial charge in [-0.25, -0.2) is 14.3 Å². The van der Waals surface area contributed by atoms with Crippen molar-refractivity contribution in [1.82, 2.24) is 24.8 Å². The van der Waals surface area contributed by atoms with Gasteiger partial charge in [-0.15, -0.1) is 23.1 Å². The zero-order valence-corrected chi connectivity index (χ0v) is 40.0. The number of nitrogens with two attached hydrogens (primary N) is 1. The lowest BCUT2D eigenvalue weighted by Crippen LogP contribution is -3.00. The van der Waals surface area contributed by atoms with Gasteiger partial charge >= 0.3 is 11.6 Å². The molecule has 2 atom stereocenters. The van der Waals surface area contributed by atoms with Crippen molar-refractivity contribution in [2.45, 2.75) is 30.1 Å². The van der Waals surface area contributed by atoms with Gasteiger partial charge in [0.1, 0.15) is 54.4 Å². The Balaban J connectivity index is 0.00000608. The number of esters is 1. The molecule has 2 aliphatic heterocycles. The van der Waals surface area contributed by atoms with Crippen molar-refractivity contribution in [2.24, 2.45) is 5.16 Å². The number of nitrogens with one attached hydrogen (secondary N) is 2. The number of rotatable bonds is 16. The lowest BCUT2D eigenvalue weighted by atomic mass is 9.77. The van der Waals surface area contributed by atoms with Crippen LogP contribution in [-0.4, -0.2) is 74.4 Å². The summed E-state index contributed by atoms with van der Waals surface area (Å²) >= 11 is 2.72. The molecule has 0 unspecified atom stereocenters. The molecule has 340 valence electrons. The number of thiazole rings is 1. The Kier molecular flexibility index (Phi) is 14.3. The number of hydrogen-bond acceptors (Lipinski definition) is 13. The summed E-state index contributed by atoms with van der Waals surface area (Å²) in [5.41, 5.74) is 10.5. The van der Waals surface area contributed by atoms with E-state index in [0.717, 1.165) is 27.9 Å². The number of benzene rings is 4. The Hall–Kier alpha value is -7.03. The highest BCUT2D eigenvalue weighted by Gasteiger charge is 2.54. The second-order valence-corrected chi connectivity index (χ2v) is 17.2. The average Bonchev–Trinajstić information content (AvgIpc) is 4.06. The average molecular weight is 1050 g/mol. The number of nitrogen functional groups attached to an aromatic ring is 1. The number of oxime groups is 1. The standard InChI is InChI=1S/C49H43N9O6S2.HI/c1-62-37-22-20-32(21-23-37)29-64-47(61)43-33(13-12-27-56-28-25-39(50)58-40(56)24-26-51-58)30-65-46-42(45(60)57(43)46)53-44(59)41(55-63-2)38-31-66-48(52-38)54-49(34-14-6-3-7-15-34,35-16-8-4-9-17-35)36-18-10-5-11-19-36;/h3-26,28,31,42,46,50H,27,29-30H2,1-2H3,(H2,52,53,54,59);1H/b13-12+,55-41?;/t42-,46+;/m1./s1. The minimum Gasteiger partial charge on any atom is -1.00 e. The molecule has 7 aromatic rings. The molecule has 0 aliphatic carbocycles. The summed E-state index contributed by atoms with van der Waals surface area (Å²) in [5.74, 6) is -0.306. The molecule has 0 saturated carbocycles. The first kappa shape index (κ1) is 46.5. The van der Waals surface area contributed by atoms with Gasteiger partial charge in [-0.3, -0.25) is 14.5 Å². The number of methoxy groups -OCH3 is 1. The summed E-state index contributed by atoms with van der Waals surface area (Å²) in [6.07, 6.45) is 7.23. The Morgan fingerprint density at radius 3 is 2.21 bits per heavy atom. The molecule has 2 aliphatic rings. The van der Waals surface area contributed by atoms with Crippen LogP contribution in [0.5, 0.6) is 5.75 Å². The van der Waals surface area contributed by atoms with Crippen LogP contribution >= 0.6 is 23.1 Å². The monoisotopic (exact) mass is 1050 g/mol. The van der Waals surface area contributed by atoms with Gasteiger partial charge in [0.15, 0.2) is 10.8 Å². The predicted octanol–water partition coefficient (Wildman–Crippen LogP) is 3.08. The summed E-state index contributed by atoms with van der Waals surface area (Å²) in [7, 11) is 2.91. The van der Waals surface area contributed by atoms with Gasteiger partial charge in [-0.1, -0.05) is 124 Å². The highest BCUT2D eigenvalue weighted by molar-refractivity contribution is 8.00. The van der Waals surface area contributed by atoms with Crippen LogP contribution in [-0.2, 0) is 42.6 Å². The Morgan fingerprint density at radius 2 is 1.58 bits per heavy atom. The van der Waals surface area contributed by atoms with E-state index in [4.69, 9.17) is 25.0 Å². The summed E-state index contributed by atoms with van der Waals surface area (Å²) < 4.78 is 14.7. The normalized spacial score (nSPS) is 15.9. The quantitative estimate of drug-likeness (QED) is 0.0247. The Bertz CT molecular complexity index is 2890. The molecule has 2 amide bonds. The first-order valence-corrected chi connectivity index (χ1v) is 22.8. The molecule has 1 saturated heterocycles. The van der Waals surface area contributed by atoms with Gasteiger partial charge in [0.2, 0.25) is 5.82 Å². The molecule has 18 heteroatoms. The topological polar surface area (TPSA) is 179 Å². The molecule has 4 N–H and O–H groups in total.